The molecule has 2 aromatic carbocycles. The van der Waals surface area contributed by atoms with Gasteiger partial charge in [-0.05, 0) is 88.9 Å². The molecule has 0 aromatic heterocycles. The summed E-state index contributed by atoms with van der Waals surface area (Å²) in [4.78, 5) is 29.9. The fourth-order valence-corrected chi connectivity index (χ4v) is 6.06. The van der Waals surface area contributed by atoms with Gasteiger partial charge in [-0.3, -0.25) is 14.5 Å². The number of rotatable bonds is 15. The van der Waals surface area contributed by atoms with E-state index in [1.54, 1.807) is 27.1 Å². The summed E-state index contributed by atoms with van der Waals surface area (Å²) in [6.07, 6.45) is 4.27. The number of carbonyl (C=O) groups excluding carboxylic acids is 2. The van der Waals surface area contributed by atoms with Gasteiger partial charge in [0.1, 0.15) is 12.4 Å². The maximum atomic E-state index is 13.2. The molecule has 4 N–H and O–H groups in total. The quantitative estimate of drug-likeness (QED) is 0.198. The van der Waals surface area contributed by atoms with Crippen LogP contribution in [0.3, 0.4) is 0 Å². The second-order valence-corrected chi connectivity index (χ2v) is 11.6. The van der Waals surface area contributed by atoms with E-state index in [9.17, 15) is 9.59 Å². The first-order chi connectivity index (χ1) is 20.6. The molecular weight excluding hydrogens is 566 g/mol. The summed E-state index contributed by atoms with van der Waals surface area (Å²) in [7, 11) is 5.58. The number of methoxy groups -OCH3 is 1. The van der Waals surface area contributed by atoms with E-state index in [4.69, 9.17) is 26.8 Å². The molecule has 0 spiro atoms. The molecule has 2 aromatic rings. The third-order valence-electron chi connectivity index (χ3n) is 8.41. The minimum Gasteiger partial charge on any atom is -0.491 e. The molecule has 0 atom stereocenters. The van der Waals surface area contributed by atoms with Gasteiger partial charge in [0.25, 0.3) is 5.91 Å². The SMILES string of the molecule is CCN(c1cc(Cl)cc(C(=O)NC/C(C(N)=O)=C(\C)NC)c1C)[C@H]1CC[C@H](N(C)Cc2cccc(OCCOC)c2)CC1. The Balaban J connectivity index is 1.66. The van der Waals surface area contributed by atoms with Crippen LogP contribution in [0.4, 0.5) is 5.69 Å². The van der Waals surface area contributed by atoms with Crippen LogP contribution in [0.5, 0.6) is 5.75 Å². The number of ether oxygens (including phenoxy) is 2. The van der Waals surface area contributed by atoms with Crippen molar-refractivity contribution < 1.29 is 19.1 Å². The largest absolute Gasteiger partial charge is 0.491 e. The lowest BCUT2D eigenvalue weighted by Crippen LogP contribution is -2.43. The highest BCUT2D eigenvalue weighted by Gasteiger charge is 2.29. The molecule has 10 heteroatoms. The number of anilines is 1. The number of hydrogen-bond acceptors (Lipinski definition) is 7. The summed E-state index contributed by atoms with van der Waals surface area (Å²) >= 11 is 6.56. The summed E-state index contributed by atoms with van der Waals surface area (Å²) in [5.41, 5.74) is 10.0. The number of hydrogen-bond donors (Lipinski definition) is 3. The zero-order valence-electron chi connectivity index (χ0n) is 26.5. The van der Waals surface area contributed by atoms with Gasteiger partial charge < -0.3 is 30.7 Å². The molecule has 0 aliphatic heterocycles. The van der Waals surface area contributed by atoms with Crippen LogP contribution in [0.2, 0.25) is 5.02 Å². The van der Waals surface area contributed by atoms with E-state index in [0.29, 0.717) is 47.2 Å². The molecule has 1 saturated carbocycles. The highest BCUT2D eigenvalue weighted by atomic mass is 35.5. The van der Waals surface area contributed by atoms with Crippen molar-refractivity contribution in [2.45, 2.75) is 65.1 Å². The van der Waals surface area contributed by atoms with E-state index in [1.165, 1.54) is 5.56 Å². The lowest BCUT2D eigenvalue weighted by atomic mass is 9.88. The number of allylic oxidation sites excluding steroid dienone is 1. The Morgan fingerprint density at radius 1 is 1.09 bits per heavy atom. The first-order valence-corrected chi connectivity index (χ1v) is 15.4. The van der Waals surface area contributed by atoms with Crippen LogP contribution in [0, 0.1) is 6.92 Å². The Morgan fingerprint density at radius 3 is 2.42 bits per heavy atom. The summed E-state index contributed by atoms with van der Waals surface area (Å²) in [6.45, 7) is 8.65. The second kappa shape index (κ2) is 16.5. The molecule has 0 bridgehead atoms. The van der Waals surface area contributed by atoms with Gasteiger partial charge in [0, 0.05) is 61.3 Å². The van der Waals surface area contributed by atoms with E-state index in [0.717, 1.165) is 55.8 Å². The summed E-state index contributed by atoms with van der Waals surface area (Å²) < 4.78 is 10.9. The van der Waals surface area contributed by atoms with Gasteiger partial charge >= 0.3 is 0 Å². The van der Waals surface area contributed by atoms with Crippen molar-refractivity contribution in [3.63, 3.8) is 0 Å². The molecule has 3 rings (SSSR count). The van der Waals surface area contributed by atoms with Gasteiger partial charge in [0.15, 0.2) is 0 Å². The number of primary amides is 1. The van der Waals surface area contributed by atoms with Gasteiger partial charge in [-0.2, -0.15) is 0 Å². The molecule has 1 aliphatic rings. The van der Waals surface area contributed by atoms with Crippen molar-refractivity contribution in [2.24, 2.45) is 5.73 Å². The zero-order valence-corrected chi connectivity index (χ0v) is 27.2. The van der Waals surface area contributed by atoms with Gasteiger partial charge in [-0.1, -0.05) is 23.7 Å². The van der Waals surface area contributed by atoms with Crippen LogP contribution in [-0.2, 0) is 16.1 Å². The minimum absolute atomic E-state index is 0.0300. The van der Waals surface area contributed by atoms with Crippen LogP contribution in [0.15, 0.2) is 47.7 Å². The minimum atomic E-state index is -0.574. The summed E-state index contributed by atoms with van der Waals surface area (Å²) in [6, 6.07) is 12.8. The molecule has 236 valence electrons. The molecule has 43 heavy (non-hydrogen) atoms. The average molecular weight is 614 g/mol. The van der Waals surface area contributed by atoms with Crippen LogP contribution in [0.1, 0.15) is 61.0 Å². The molecule has 1 aliphatic carbocycles. The van der Waals surface area contributed by atoms with Crippen molar-refractivity contribution >= 4 is 29.1 Å². The molecule has 0 unspecified atom stereocenters. The van der Waals surface area contributed by atoms with Gasteiger partial charge in [-0.15, -0.1) is 0 Å². The summed E-state index contributed by atoms with van der Waals surface area (Å²) in [5, 5.41) is 6.27. The highest BCUT2D eigenvalue weighted by Crippen LogP contribution is 2.34. The maximum Gasteiger partial charge on any atom is 0.251 e. The number of nitrogens with two attached hydrogens (primary N) is 1. The van der Waals surface area contributed by atoms with Crippen LogP contribution in [-0.4, -0.2) is 76.3 Å². The Labute approximate surface area is 261 Å². The Hall–Kier alpha value is -3.27. The number of halogens is 1. The van der Waals surface area contributed by atoms with Crippen molar-refractivity contribution in [1.82, 2.24) is 15.5 Å². The molecule has 2 amide bonds. The maximum absolute atomic E-state index is 13.2. The molecule has 1 fully saturated rings. The number of nitrogens with one attached hydrogen (secondary N) is 2. The lowest BCUT2D eigenvalue weighted by molar-refractivity contribution is -0.114. The first-order valence-electron chi connectivity index (χ1n) is 15.0. The van der Waals surface area contributed by atoms with Crippen molar-refractivity contribution in [3.8, 4) is 5.75 Å². The van der Waals surface area contributed by atoms with Gasteiger partial charge in [0.05, 0.1) is 18.7 Å². The van der Waals surface area contributed by atoms with Crippen LogP contribution >= 0.6 is 11.6 Å². The third kappa shape index (κ3) is 9.36. The Bertz CT molecular complexity index is 1280. The van der Waals surface area contributed by atoms with Crippen molar-refractivity contribution in [3.05, 3.63) is 69.4 Å². The number of benzene rings is 2. The molecule has 0 saturated heterocycles. The smallest absolute Gasteiger partial charge is 0.251 e. The number of amides is 2. The Kier molecular flexibility index (Phi) is 13.2. The predicted octanol–water partition coefficient (Wildman–Crippen LogP) is 4.65. The van der Waals surface area contributed by atoms with Crippen molar-refractivity contribution in [1.29, 1.82) is 0 Å². The lowest BCUT2D eigenvalue weighted by Gasteiger charge is -2.41. The number of nitrogens with zero attached hydrogens (tertiary/aromatic N) is 2. The molecular formula is C33H48ClN5O4. The zero-order chi connectivity index (χ0) is 31.5. The third-order valence-corrected chi connectivity index (χ3v) is 8.63. The first kappa shape index (κ1) is 34.2. The topological polar surface area (TPSA) is 109 Å². The Morgan fingerprint density at radius 2 is 1.79 bits per heavy atom. The molecule has 9 nitrogen and oxygen atoms in total. The van der Waals surface area contributed by atoms with E-state index in [2.05, 4.69) is 46.5 Å². The molecule has 0 radical (unpaired) electrons. The fraction of sp³-hybridized carbons (Fsp3) is 0.515. The standard InChI is InChI=1S/C33H48ClN5O4/c1-7-39(31-19-25(34)18-29(22(31)2)33(41)37-20-30(32(35)40)23(3)36-4)27-13-11-26(12-14-27)38(5)21-24-9-8-10-28(17-24)43-16-15-42-6/h8-10,17-19,26-27,36H,7,11-16,20-21H2,1-6H3,(H2,35,40)(H,37,41)/b30-23-/t26-,27-. The second-order valence-electron chi connectivity index (χ2n) is 11.2. The van der Waals surface area contributed by atoms with E-state index in [-0.39, 0.29) is 12.5 Å². The van der Waals surface area contributed by atoms with Gasteiger partial charge in [-0.25, -0.2) is 0 Å². The number of carbonyl (C=O) groups is 2. The van der Waals surface area contributed by atoms with Crippen molar-refractivity contribution in [2.75, 3.05) is 52.4 Å². The molecule has 0 heterocycles. The highest BCUT2D eigenvalue weighted by molar-refractivity contribution is 6.31. The van der Waals surface area contributed by atoms with Crippen LogP contribution in [0.25, 0.3) is 0 Å². The van der Waals surface area contributed by atoms with Gasteiger partial charge in [0.2, 0.25) is 5.91 Å². The van der Waals surface area contributed by atoms with E-state index >= 15 is 0 Å². The van der Waals surface area contributed by atoms with Crippen LogP contribution < -0.4 is 26.0 Å². The summed E-state index contributed by atoms with van der Waals surface area (Å²) in [5.74, 6) is 0.000965. The van der Waals surface area contributed by atoms with E-state index < -0.39 is 5.91 Å². The fourth-order valence-electron chi connectivity index (χ4n) is 5.85. The normalized spacial score (nSPS) is 17.3. The monoisotopic (exact) mass is 613 g/mol. The average Bonchev–Trinajstić information content (AvgIpc) is 2.99. The predicted molar refractivity (Wildman–Crippen MR) is 174 cm³/mol. The van der Waals surface area contributed by atoms with E-state index in [1.807, 2.05) is 25.1 Å².